The lowest BCUT2D eigenvalue weighted by atomic mass is 9.50. The molecule has 3 heteroatoms. The van der Waals surface area contributed by atoms with Crippen LogP contribution in [0.2, 0.25) is 0 Å². The maximum Gasteiger partial charge on any atom is 0.255 e. The first-order valence-electron chi connectivity index (χ1n) is 6.95. The van der Waals surface area contributed by atoms with E-state index in [0.29, 0.717) is 5.92 Å². The summed E-state index contributed by atoms with van der Waals surface area (Å²) < 4.78 is 0. The molecule has 0 saturated heterocycles. The quantitative estimate of drug-likeness (QED) is 0.669. The summed E-state index contributed by atoms with van der Waals surface area (Å²) >= 11 is 0. The average Bonchev–Trinajstić information content (AvgIpc) is 2.54. The highest BCUT2D eigenvalue weighted by atomic mass is 16.2. The summed E-state index contributed by atoms with van der Waals surface area (Å²) in [6.45, 7) is 6.83. The summed E-state index contributed by atoms with van der Waals surface area (Å²) in [5.74, 6) is 0.257. The fourth-order valence-electron chi connectivity index (χ4n) is 4.75. The predicted molar refractivity (Wildman–Crippen MR) is 68.6 cm³/mol. The third-order valence-corrected chi connectivity index (χ3v) is 5.51. The van der Waals surface area contributed by atoms with Crippen LogP contribution in [0.4, 0.5) is 0 Å². The second kappa shape index (κ2) is 3.46. The molecule has 3 aliphatic rings. The van der Waals surface area contributed by atoms with Gasteiger partial charge in [-0.25, -0.2) is 0 Å². The zero-order valence-electron chi connectivity index (χ0n) is 11.4. The van der Waals surface area contributed by atoms with E-state index in [4.69, 9.17) is 0 Å². The fraction of sp³-hybridized carbons (Fsp3) is 0.733. The molecule has 1 N–H and O–H groups in total. The Labute approximate surface area is 108 Å². The lowest BCUT2D eigenvalue weighted by molar-refractivity contribution is -0.124. The number of fused-ring (bicyclic) bond motifs is 2. The number of imide groups is 1. The van der Waals surface area contributed by atoms with Gasteiger partial charge >= 0.3 is 0 Å². The average molecular weight is 247 g/mol. The van der Waals surface area contributed by atoms with E-state index in [1.54, 1.807) is 0 Å². The molecular weight excluding hydrogens is 226 g/mol. The number of carbonyl (C=O) groups excluding carboxylic acids is 2. The van der Waals surface area contributed by atoms with Gasteiger partial charge in [0.1, 0.15) is 0 Å². The summed E-state index contributed by atoms with van der Waals surface area (Å²) in [4.78, 5) is 23.9. The Balaban J connectivity index is 2.12. The highest BCUT2D eigenvalue weighted by molar-refractivity contribution is 6.20. The van der Waals surface area contributed by atoms with Crippen LogP contribution in [0.15, 0.2) is 11.1 Å². The van der Waals surface area contributed by atoms with Gasteiger partial charge in [-0.3, -0.25) is 14.9 Å². The zero-order valence-corrected chi connectivity index (χ0v) is 11.4. The van der Waals surface area contributed by atoms with Crippen molar-refractivity contribution in [2.24, 2.45) is 16.7 Å². The standard InChI is InChI=1S/C15H21NO2/c1-14(2)7-4-8-15(3)10(14)6-5-9-11(15)13(18)16-12(9)17/h10H,4-8H2,1-3H3,(H,16,17,18)/t10-,15-/m0/s1. The Morgan fingerprint density at radius 1 is 1.11 bits per heavy atom. The molecule has 1 saturated carbocycles. The van der Waals surface area contributed by atoms with Crippen molar-refractivity contribution in [2.75, 3.05) is 0 Å². The van der Waals surface area contributed by atoms with Crippen molar-refractivity contribution in [1.82, 2.24) is 5.32 Å². The Morgan fingerprint density at radius 3 is 2.56 bits per heavy atom. The SMILES string of the molecule is CC1(C)CCC[C@]2(C)C3=C(CC[C@@H]12)C(=O)NC3=O. The minimum atomic E-state index is -0.141. The lowest BCUT2D eigenvalue weighted by Crippen LogP contribution is -2.46. The van der Waals surface area contributed by atoms with E-state index in [9.17, 15) is 9.59 Å². The molecule has 2 amide bonds. The third kappa shape index (κ3) is 1.36. The molecule has 2 atom stereocenters. The van der Waals surface area contributed by atoms with Crippen LogP contribution in [0.25, 0.3) is 0 Å². The molecule has 0 unspecified atom stereocenters. The number of carbonyl (C=O) groups is 2. The number of hydrogen-bond donors (Lipinski definition) is 1. The molecular formula is C15H21NO2. The summed E-state index contributed by atoms with van der Waals surface area (Å²) in [6, 6.07) is 0. The first kappa shape index (κ1) is 11.9. The predicted octanol–water partition coefficient (Wildman–Crippen LogP) is 2.57. The molecule has 1 fully saturated rings. The summed E-state index contributed by atoms with van der Waals surface area (Å²) in [5.41, 5.74) is 1.77. The highest BCUT2D eigenvalue weighted by Crippen LogP contribution is 2.60. The molecule has 0 aromatic carbocycles. The minimum Gasteiger partial charge on any atom is -0.289 e. The van der Waals surface area contributed by atoms with E-state index in [-0.39, 0.29) is 22.6 Å². The Hall–Kier alpha value is -1.12. The number of rotatable bonds is 0. The van der Waals surface area contributed by atoms with Crippen molar-refractivity contribution in [1.29, 1.82) is 0 Å². The molecule has 0 aromatic heterocycles. The molecule has 0 bridgehead atoms. The second-order valence-electron chi connectivity index (χ2n) is 6.99. The van der Waals surface area contributed by atoms with Gasteiger partial charge in [-0.15, -0.1) is 0 Å². The van der Waals surface area contributed by atoms with Crippen LogP contribution >= 0.6 is 0 Å². The van der Waals surface area contributed by atoms with Gasteiger partial charge in [0, 0.05) is 16.6 Å². The van der Waals surface area contributed by atoms with Crippen LogP contribution in [0, 0.1) is 16.7 Å². The van der Waals surface area contributed by atoms with Crippen LogP contribution in [-0.2, 0) is 9.59 Å². The maximum absolute atomic E-state index is 12.1. The summed E-state index contributed by atoms with van der Waals surface area (Å²) in [6.07, 6.45) is 5.24. The molecule has 0 radical (unpaired) electrons. The fourth-order valence-corrected chi connectivity index (χ4v) is 4.75. The van der Waals surface area contributed by atoms with Crippen molar-refractivity contribution in [3.8, 4) is 0 Å². The molecule has 0 spiro atoms. The van der Waals surface area contributed by atoms with Crippen molar-refractivity contribution in [2.45, 2.75) is 52.9 Å². The van der Waals surface area contributed by atoms with Gasteiger partial charge in [0.05, 0.1) is 0 Å². The Morgan fingerprint density at radius 2 is 1.83 bits per heavy atom. The first-order chi connectivity index (χ1) is 8.36. The van der Waals surface area contributed by atoms with E-state index in [0.717, 1.165) is 36.8 Å². The molecule has 3 nitrogen and oxygen atoms in total. The molecule has 3 rings (SSSR count). The van der Waals surface area contributed by atoms with Crippen molar-refractivity contribution in [3.05, 3.63) is 11.1 Å². The largest absolute Gasteiger partial charge is 0.289 e. The van der Waals surface area contributed by atoms with Gasteiger partial charge in [-0.1, -0.05) is 27.2 Å². The highest BCUT2D eigenvalue weighted by Gasteiger charge is 2.55. The maximum atomic E-state index is 12.1. The Bertz CT molecular complexity index is 475. The van der Waals surface area contributed by atoms with Crippen molar-refractivity contribution < 1.29 is 9.59 Å². The topological polar surface area (TPSA) is 46.2 Å². The first-order valence-corrected chi connectivity index (χ1v) is 6.95. The monoisotopic (exact) mass is 247 g/mol. The van der Waals surface area contributed by atoms with Gasteiger partial charge in [-0.05, 0) is 37.0 Å². The second-order valence-corrected chi connectivity index (χ2v) is 6.99. The molecule has 18 heavy (non-hydrogen) atoms. The van der Waals surface area contributed by atoms with E-state index in [2.05, 4.69) is 26.1 Å². The number of nitrogens with one attached hydrogen (secondary N) is 1. The normalized spacial score (nSPS) is 38.3. The van der Waals surface area contributed by atoms with Gasteiger partial charge in [0.15, 0.2) is 0 Å². The molecule has 1 heterocycles. The molecule has 0 aromatic rings. The van der Waals surface area contributed by atoms with E-state index in [1.807, 2.05) is 0 Å². The number of hydrogen-bond acceptors (Lipinski definition) is 2. The smallest absolute Gasteiger partial charge is 0.255 e. The summed E-state index contributed by atoms with van der Waals surface area (Å²) in [5, 5.41) is 2.49. The van der Waals surface area contributed by atoms with Crippen LogP contribution < -0.4 is 5.32 Å². The Kier molecular flexibility index (Phi) is 2.30. The van der Waals surface area contributed by atoms with Crippen molar-refractivity contribution in [3.63, 3.8) is 0 Å². The van der Waals surface area contributed by atoms with Crippen LogP contribution in [0.3, 0.4) is 0 Å². The number of amides is 2. The molecule has 2 aliphatic carbocycles. The minimum absolute atomic E-state index is 0.0917. The lowest BCUT2D eigenvalue weighted by Gasteiger charge is -2.53. The van der Waals surface area contributed by atoms with Gasteiger partial charge < -0.3 is 0 Å². The van der Waals surface area contributed by atoms with Crippen LogP contribution in [-0.4, -0.2) is 11.8 Å². The van der Waals surface area contributed by atoms with E-state index >= 15 is 0 Å². The van der Waals surface area contributed by atoms with Gasteiger partial charge in [0.2, 0.25) is 0 Å². The van der Waals surface area contributed by atoms with E-state index in [1.165, 1.54) is 6.42 Å². The van der Waals surface area contributed by atoms with Crippen molar-refractivity contribution >= 4 is 11.8 Å². The summed E-state index contributed by atoms with van der Waals surface area (Å²) in [7, 11) is 0. The zero-order chi connectivity index (χ0) is 13.1. The van der Waals surface area contributed by atoms with Crippen LogP contribution in [0.5, 0.6) is 0 Å². The van der Waals surface area contributed by atoms with E-state index < -0.39 is 0 Å². The third-order valence-electron chi connectivity index (χ3n) is 5.51. The van der Waals surface area contributed by atoms with Gasteiger partial charge in [-0.2, -0.15) is 0 Å². The van der Waals surface area contributed by atoms with Gasteiger partial charge in [0.25, 0.3) is 11.8 Å². The molecule has 98 valence electrons. The van der Waals surface area contributed by atoms with Crippen LogP contribution in [0.1, 0.15) is 52.9 Å². The molecule has 1 aliphatic heterocycles.